The van der Waals surface area contributed by atoms with Crippen molar-refractivity contribution in [3.05, 3.63) is 84.3 Å². The molecule has 0 saturated heterocycles. The van der Waals surface area contributed by atoms with E-state index in [-0.39, 0.29) is 0 Å². The van der Waals surface area contributed by atoms with Crippen LogP contribution in [0.5, 0.6) is 0 Å². The number of pyridine rings is 3. The molecule has 5 rings (SSSR count). The second-order valence-electron chi connectivity index (χ2n) is 6.82. The minimum Gasteiger partial charge on any atom is -0.299 e. The van der Waals surface area contributed by atoms with E-state index in [4.69, 9.17) is 9.97 Å². The Balaban J connectivity index is 1.84. The maximum atomic E-state index is 4.93. The quantitative estimate of drug-likeness (QED) is 0.438. The fraction of sp³-hybridized carbons (Fsp3) is 0.0870. The molecule has 0 saturated carbocycles. The van der Waals surface area contributed by atoms with Crippen LogP contribution < -0.4 is 0 Å². The summed E-state index contributed by atoms with van der Waals surface area (Å²) >= 11 is 0. The van der Waals surface area contributed by atoms with Crippen molar-refractivity contribution in [3.8, 4) is 22.6 Å². The van der Waals surface area contributed by atoms with Crippen molar-refractivity contribution in [2.45, 2.75) is 13.8 Å². The van der Waals surface area contributed by atoms with Crippen molar-refractivity contribution < 1.29 is 0 Å². The summed E-state index contributed by atoms with van der Waals surface area (Å²) in [6.45, 7) is 4.09. The van der Waals surface area contributed by atoms with Crippen molar-refractivity contribution in [1.29, 1.82) is 0 Å². The molecule has 0 spiro atoms. The molecule has 0 aliphatic rings. The van der Waals surface area contributed by atoms with Crippen molar-refractivity contribution in [2.24, 2.45) is 0 Å². The monoisotopic (exact) mass is 350 g/mol. The summed E-state index contributed by atoms with van der Waals surface area (Å²) in [4.78, 5) is 14.1. The summed E-state index contributed by atoms with van der Waals surface area (Å²) in [6.07, 6.45) is 3.90. The average Bonchev–Trinajstić information content (AvgIpc) is 3.06. The zero-order chi connectivity index (χ0) is 18.4. The van der Waals surface area contributed by atoms with Gasteiger partial charge in [-0.1, -0.05) is 18.2 Å². The molecule has 0 bridgehead atoms. The zero-order valence-electron chi connectivity index (χ0n) is 15.2. The molecule has 0 fully saturated rings. The van der Waals surface area contributed by atoms with Crippen LogP contribution in [0.25, 0.3) is 39.2 Å². The summed E-state index contributed by atoms with van der Waals surface area (Å²) in [6, 6.07) is 20.7. The Morgan fingerprint density at radius 2 is 1.78 bits per heavy atom. The van der Waals surface area contributed by atoms with Crippen LogP contribution in [0.3, 0.4) is 0 Å². The van der Waals surface area contributed by atoms with Gasteiger partial charge in [0.2, 0.25) is 0 Å². The van der Waals surface area contributed by atoms with Gasteiger partial charge in [0, 0.05) is 29.0 Å². The number of hydrogen-bond acceptors (Lipinski definition) is 3. The molecule has 130 valence electrons. The molecule has 0 aliphatic carbocycles. The third-order valence-corrected chi connectivity index (χ3v) is 4.79. The standard InChI is InChI=1S/C23H18N4/c1-15-10-12-27-21(13-15)26-22(20-7-3-5-16(2)25-20)23(27)18-8-9-19-17(14-18)6-4-11-24-19/h3-14H,1-2H3. The molecule has 0 atom stereocenters. The van der Waals surface area contributed by atoms with Crippen LogP contribution in [0, 0.1) is 13.8 Å². The number of aromatic nitrogens is 4. The van der Waals surface area contributed by atoms with Crippen LogP contribution in [0.15, 0.2) is 73.1 Å². The van der Waals surface area contributed by atoms with Crippen LogP contribution in [0.4, 0.5) is 0 Å². The molecular formula is C23H18N4. The number of benzene rings is 1. The number of hydrogen-bond donors (Lipinski definition) is 0. The second kappa shape index (κ2) is 6.02. The first-order chi connectivity index (χ1) is 13.2. The Bertz CT molecular complexity index is 1300. The molecule has 27 heavy (non-hydrogen) atoms. The number of nitrogens with zero attached hydrogens (tertiary/aromatic N) is 4. The highest BCUT2D eigenvalue weighted by Gasteiger charge is 2.17. The molecule has 0 amide bonds. The topological polar surface area (TPSA) is 43.1 Å². The predicted molar refractivity (Wildman–Crippen MR) is 109 cm³/mol. The van der Waals surface area contributed by atoms with E-state index in [1.165, 1.54) is 5.56 Å². The van der Waals surface area contributed by atoms with E-state index in [9.17, 15) is 0 Å². The smallest absolute Gasteiger partial charge is 0.138 e. The SMILES string of the molecule is Cc1ccn2c(-c3ccc4ncccc4c3)c(-c3cccc(C)n3)nc2c1. The highest BCUT2D eigenvalue weighted by Crippen LogP contribution is 2.33. The molecule has 1 aromatic carbocycles. The molecule has 4 aromatic heterocycles. The van der Waals surface area contributed by atoms with Gasteiger partial charge < -0.3 is 0 Å². The fourth-order valence-electron chi connectivity index (χ4n) is 3.50. The Kier molecular flexibility index (Phi) is 3.50. The van der Waals surface area contributed by atoms with Gasteiger partial charge in [-0.2, -0.15) is 0 Å². The van der Waals surface area contributed by atoms with E-state index in [1.54, 1.807) is 0 Å². The molecule has 0 radical (unpaired) electrons. The molecule has 0 aliphatic heterocycles. The third kappa shape index (κ3) is 2.66. The van der Waals surface area contributed by atoms with Crippen molar-refractivity contribution >= 4 is 16.6 Å². The summed E-state index contributed by atoms with van der Waals surface area (Å²) in [7, 11) is 0. The average molecular weight is 350 g/mol. The van der Waals surface area contributed by atoms with E-state index in [1.807, 2.05) is 37.4 Å². The van der Waals surface area contributed by atoms with Crippen LogP contribution in [0.2, 0.25) is 0 Å². The van der Waals surface area contributed by atoms with E-state index in [0.29, 0.717) is 0 Å². The van der Waals surface area contributed by atoms with Crippen molar-refractivity contribution in [1.82, 2.24) is 19.4 Å². The Labute approximate surface area is 157 Å². The number of aryl methyl sites for hydroxylation is 2. The maximum Gasteiger partial charge on any atom is 0.138 e. The van der Waals surface area contributed by atoms with E-state index >= 15 is 0 Å². The molecule has 4 nitrogen and oxygen atoms in total. The molecule has 5 aromatic rings. The first-order valence-electron chi connectivity index (χ1n) is 8.97. The highest BCUT2D eigenvalue weighted by atomic mass is 15.0. The largest absolute Gasteiger partial charge is 0.299 e. The third-order valence-electron chi connectivity index (χ3n) is 4.79. The first kappa shape index (κ1) is 15.7. The lowest BCUT2D eigenvalue weighted by molar-refractivity contribution is 1.17. The number of fused-ring (bicyclic) bond motifs is 2. The summed E-state index contributed by atoms with van der Waals surface area (Å²) < 4.78 is 2.14. The molecular weight excluding hydrogens is 332 g/mol. The van der Waals surface area contributed by atoms with Gasteiger partial charge in [0.15, 0.2) is 0 Å². The molecule has 4 heterocycles. The first-order valence-corrected chi connectivity index (χ1v) is 8.97. The Morgan fingerprint density at radius 1 is 0.852 bits per heavy atom. The van der Waals surface area contributed by atoms with Gasteiger partial charge in [0.25, 0.3) is 0 Å². The highest BCUT2D eigenvalue weighted by molar-refractivity contribution is 5.88. The van der Waals surface area contributed by atoms with Crippen molar-refractivity contribution in [3.63, 3.8) is 0 Å². The zero-order valence-corrected chi connectivity index (χ0v) is 15.2. The molecule has 0 N–H and O–H groups in total. The van der Waals surface area contributed by atoms with Crippen LogP contribution >= 0.6 is 0 Å². The number of rotatable bonds is 2. The number of imidazole rings is 1. The van der Waals surface area contributed by atoms with Gasteiger partial charge in [-0.15, -0.1) is 0 Å². The minimum atomic E-state index is 0.887. The summed E-state index contributed by atoms with van der Waals surface area (Å²) in [5.41, 5.74) is 8.01. The lowest BCUT2D eigenvalue weighted by atomic mass is 10.0. The van der Waals surface area contributed by atoms with Crippen LogP contribution in [-0.2, 0) is 0 Å². The van der Waals surface area contributed by atoms with Gasteiger partial charge in [-0.05, 0) is 61.9 Å². The summed E-state index contributed by atoms with van der Waals surface area (Å²) in [5.74, 6) is 0. The van der Waals surface area contributed by atoms with Crippen LogP contribution in [0.1, 0.15) is 11.3 Å². The summed E-state index contributed by atoms with van der Waals surface area (Å²) in [5, 5.41) is 1.11. The maximum absolute atomic E-state index is 4.93. The van der Waals surface area contributed by atoms with Gasteiger partial charge >= 0.3 is 0 Å². The molecule has 4 heteroatoms. The Morgan fingerprint density at radius 3 is 2.67 bits per heavy atom. The van der Waals surface area contributed by atoms with Gasteiger partial charge in [-0.25, -0.2) is 4.98 Å². The normalized spacial score (nSPS) is 11.3. The lowest BCUT2D eigenvalue weighted by Gasteiger charge is -2.07. The lowest BCUT2D eigenvalue weighted by Crippen LogP contribution is -1.92. The van der Waals surface area contributed by atoms with E-state index in [0.717, 1.165) is 44.9 Å². The minimum absolute atomic E-state index is 0.887. The van der Waals surface area contributed by atoms with E-state index < -0.39 is 0 Å². The van der Waals surface area contributed by atoms with Crippen molar-refractivity contribution in [2.75, 3.05) is 0 Å². The Hall–Kier alpha value is -3.53. The fourth-order valence-corrected chi connectivity index (χ4v) is 3.50. The second-order valence-corrected chi connectivity index (χ2v) is 6.82. The molecule has 0 unspecified atom stereocenters. The van der Waals surface area contributed by atoms with E-state index in [2.05, 4.69) is 58.9 Å². The predicted octanol–water partition coefficient (Wildman–Crippen LogP) is 5.23. The van der Waals surface area contributed by atoms with Crippen LogP contribution in [-0.4, -0.2) is 19.4 Å². The van der Waals surface area contributed by atoms with Gasteiger partial charge in [-0.3, -0.25) is 14.4 Å². The van der Waals surface area contributed by atoms with Gasteiger partial charge in [0.1, 0.15) is 11.3 Å². The van der Waals surface area contributed by atoms with Gasteiger partial charge in [0.05, 0.1) is 16.9 Å².